The van der Waals surface area contributed by atoms with E-state index in [2.05, 4.69) is 34.8 Å². The van der Waals surface area contributed by atoms with E-state index >= 15 is 0 Å². The van der Waals surface area contributed by atoms with Gasteiger partial charge in [0.1, 0.15) is 5.69 Å². The average molecular weight is 327 g/mol. The van der Waals surface area contributed by atoms with Gasteiger partial charge in [-0.1, -0.05) is 0 Å². The van der Waals surface area contributed by atoms with Crippen LogP contribution in [0, 0.1) is 4.91 Å². The van der Waals surface area contributed by atoms with E-state index in [1.165, 1.54) is 12.1 Å². The van der Waals surface area contributed by atoms with Gasteiger partial charge in [0.05, 0.1) is 16.9 Å². The molecule has 2 rings (SSSR count). The van der Waals surface area contributed by atoms with Gasteiger partial charge >= 0.3 is 0 Å². The van der Waals surface area contributed by atoms with Crippen LogP contribution in [0.4, 0.5) is 22.7 Å². The fourth-order valence-electron chi connectivity index (χ4n) is 2.39. The summed E-state index contributed by atoms with van der Waals surface area (Å²) in [7, 11) is 0. The van der Waals surface area contributed by atoms with Gasteiger partial charge in [-0.2, -0.15) is 0 Å². The molecular formula is C17H21N5O2. The van der Waals surface area contributed by atoms with E-state index in [0.29, 0.717) is 5.69 Å². The summed E-state index contributed by atoms with van der Waals surface area (Å²) in [5.41, 5.74) is 14.1. The standard InChI is InChI=1S/C17H21N5O2/c1-3-22(4-2)14-8-5-12(6-9-14)19-20-16-10-7-13(21-24)11-15(16)17(18)23/h5-11,19-20H,3-4H2,1-2H3,(H2,18,23). The number of hydrogen-bond acceptors (Lipinski definition) is 6. The first-order valence-corrected chi connectivity index (χ1v) is 7.73. The molecule has 0 aliphatic rings. The van der Waals surface area contributed by atoms with Crippen LogP contribution in [0.25, 0.3) is 0 Å². The summed E-state index contributed by atoms with van der Waals surface area (Å²) >= 11 is 0. The van der Waals surface area contributed by atoms with Crippen molar-refractivity contribution in [3.05, 3.63) is 52.9 Å². The summed E-state index contributed by atoms with van der Waals surface area (Å²) in [5, 5.41) is 2.80. The maximum atomic E-state index is 11.5. The minimum Gasteiger partial charge on any atom is -0.372 e. The molecule has 0 heterocycles. The topological polar surface area (TPSA) is 99.8 Å². The number of nitrogens with two attached hydrogens (primary N) is 1. The van der Waals surface area contributed by atoms with Crippen molar-refractivity contribution in [3.8, 4) is 0 Å². The zero-order valence-corrected chi connectivity index (χ0v) is 13.7. The van der Waals surface area contributed by atoms with Gasteiger partial charge in [-0.25, -0.2) is 0 Å². The molecule has 7 nitrogen and oxygen atoms in total. The molecule has 1 amide bonds. The quantitative estimate of drug-likeness (QED) is 0.509. The Morgan fingerprint density at radius 3 is 2.29 bits per heavy atom. The van der Waals surface area contributed by atoms with E-state index in [4.69, 9.17) is 5.73 Å². The van der Waals surface area contributed by atoms with Crippen molar-refractivity contribution >= 4 is 28.7 Å². The second-order valence-corrected chi connectivity index (χ2v) is 5.15. The number of amides is 1. The number of anilines is 3. The Hall–Kier alpha value is -3.09. The van der Waals surface area contributed by atoms with Crippen LogP contribution >= 0.6 is 0 Å². The van der Waals surface area contributed by atoms with Crippen LogP contribution in [0.5, 0.6) is 0 Å². The van der Waals surface area contributed by atoms with Crippen LogP contribution in [0.1, 0.15) is 24.2 Å². The molecule has 0 saturated heterocycles. The smallest absolute Gasteiger partial charge is 0.250 e. The van der Waals surface area contributed by atoms with Crippen molar-refractivity contribution in [3.63, 3.8) is 0 Å². The second kappa shape index (κ2) is 7.96. The second-order valence-electron chi connectivity index (χ2n) is 5.15. The monoisotopic (exact) mass is 327 g/mol. The van der Waals surface area contributed by atoms with Crippen LogP contribution in [-0.2, 0) is 0 Å². The molecule has 0 spiro atoms. The van der Waals surface area contributed by atoms with Crippen molar-refractivity contribution in [1.29, 1.82) is 0 Å². The number of nitroso groups, excluding NO2 is 1. The zero-order valence-electron chi connectivity index (χ0n) is 13.7. The fraction of sp³-hybridized carbons (Fsp3) is 0.235. The average Bonchev–Trinajstić information content (AvgIpc) is 2.61. The molecule has 2 aromatic carbocycles. The maximum Gasteiger partial charge on any atom is 0.250 e. The molecule has 24 heavy (non-hydrogen) atoms. The molecule has 0 aliphatic carbocycles. The number of nitrogens with one attached hydrogen (secondary N) is 2. The van der Waals surface area contributed by atoms with Crippen molar-refractivity contribution in [2.75, 3.05) is 28.8 Å². The normalized spacial score (nSPS) is 10.1. The molecule has 0 aromatic heterocycles. The molecular weight excluding hydrogens is 306 g/mol. The Morgan fingerprint density at radius 2 is 1.75 bits per heavy atom. The van der Waals surface area contributed by atoms with Crippen LogP contribution in [-0.4, -0.2) is 19.0 Å². The van der Waals surface area contributed by atoms with Crippen molar-refractivity contribution in [2.24, 2.45) is 10.9 Å². The van der Waals surface area contributed by atoms with Crippen molar-refractivity contribution in [1.82, 2.24) is 0 Å². The van der Waals surface area contributed by atoms with Gasteiger partial charge in [-0.05, 0) is 61.5 Å². The molecule has 2 aromatic rings. The lowest BCUT2D eigenvalue weighted by molar-refractivity contribution is 0.100. The zero-order chi connectivity index (χ0) is 17.5. The SMILES string of the molecule is CCN(CC)c1ccc(NNc2ccc(N=O)cc2C(N)=O)cc1. The van der Waals surface area contributed by atoms with E-state index in [1.807, 2.05) is 24.3 Å². The molecule has 4 N–H and O–H groups in total. The van der Waals surface area contributed by atoms with Crippen molar-refractivity contribution < 1.29 is 4.79 Å². The van der Waals surface area contributed by atoms with Gasteiger partial charge in [-0.3, -0.25) is 4.79 Å². The summed E-state index contributed by atoms with van der Waals surface area (Å²) in [5.74, 6) is -0.637. The minimum atomic E-state index is -0.637. The largest absolute Gasteiger partial charge is 0.372 e. The molecule has 0 radical (unpaired) electrons. The minimum absolute atomic E-state index is 0.151. The number of rotatable bonds is 8. The highest BCUT2D eigenvalue weighted by molar-refractivity contribution is 5.99. The fourth-order valence-corrected chi connectivity index (χ4v) is 2.39. The van der Waals surface area contributed by atoms with Gasteiger partial charge in [0, 0.05) is 18.8 Å². The molecule has 0 unspecified atom stereocenters. The molecule has 0 aliphatic heterocycles. The summed E-state index contributed by atoms with van der Waals surface area (Å²) in [4.78, 5) is 24.3. The number of carbonyl (C=O) groups is 1. The molecule has 0 fully saturated rings. The predicted molar refractivity (Wildman–Crippen MR) is 97.7 cm³/mol. The summed E-state index contributed by atoms with van der Waals surface area (Å²) in [6.45, 7) is 6.11. The number of benzene rings is 2. The van der Waals surface area contributed by atoms with E-state index in [0.717, 1.165) is 24.5 Å². The highest BCUT2D eigenvalue weighted by atomic mass is 16.3. The predicted octanol–water partition coefficient (Wildman–Crippen LogP) is 3.47. The first kappa shape index (κ1) is 17.3. The van der Waals surface area contributed by atoms with Crippen molar-refractivity contribution in [2.45, 2.75) is 13.8 Å². The molecule has 7 heteroatoms. The molecule has 0 atom stereocenters. The Morgan fingerprint density at radius 1 is 1.08 bits per heavy atom. The Bertz CT molecular complexity index is 711. The maximum absolute atomic E-state index is 11.5. The lowest BCUT2D eigenvalue weighted by Gasteiger charge is -2.21. The number of hydrogen-bond donors (Lipinski definition) is 3. The lowest BCUT2D eigenvalue weighted by Crippen LogP contribution is -2.21. The summed E-state index contributed by atoms with van der Waals surface area (Å²) in [6.07, 6.45) is 0. The highest BCUT2D eigenvalue weighted by Gasteiger charge is 2.10. The number of primary amides is 1. The van der Waals surface area contributed by atoms with Gasteiger partial charge in [0.15, 0.2) is 0 Å². The number of carbonyl (C=O) groups excluding carboxylic acids is 1. The summed E-state index contributed by atoms with van der Waals surface area (Å²) in [6, 6.07) is 12.3. The van der Waals surface area contributed by atoms with Crippen LogP contribution in [0.2, 0.25) is 0 Å². The van der Waals surface area contributed by atoms with Crippen LogP contribution < -0.4 is 21.5 Å². The van der Waals surface area contributed by atoms with E-state index in [9.17, 15) is 9.70 Å². The van der Waals surface area contributed by atoms with Gasteiger partial charge in [-0.15, -0.1) is 4.91 Å². The third-order valence-electron chi connectivity index (χ3n) is 3.71. The lowest BCUT2D eigenvalue weighted by atomic mass is 10.1. The van der Waals surface area contributed by atoms with Crippen LogP contribution in [0.3, 0.4) is 0 Å². The summed E-state index contributed by atoms with van der Waals surface area (Å²) < 4.78 is 0. The Labute approximate surface area is 140 Å². The number of hydrazine groups is 1. The first-order valence-electron chi connectivity index (χ1n) is 7.73. The van der Waals surface area contributed by atoms with E-state index in [-0.39, 0.29) is 11.3 Å². The van der Waals surface area contributed by atoms with E-state index in [1.54, 1.807) is 6.07 Å². The molecule has 0 saturated carbocycles. The van der Waals surface area contributed by atoms with Crippen LogP contribution in [0.15, 0.2) is 47.6 Å². The third-order valence-corrected chi connectivity index (χ3v) is 3.71. The van der Waals surface area contributed by atoms with Gasteiger partial charge in [0.25, 0.3) is 5.91 Å². The Kier molecular flexibility index (Phi) is 5.73. The molecule has 126 valence electrons. The van der Waals surface area contributed by atoms with E-state index < -0.39 is 5.91 Å². The highest BCUT2D eigenvalue weighted by Crippen LogP contribution is 2.23. The first-order chi connectivity index (χ1) is 11.6. The van der Waals surface area contributed by atoms with Gasteiger partial charge < -0.3 is 21.5 Å². The number of nitrogens with zero attached hydrogens (tertiary/aromatic N) is 2. The van der Waals surface area contributed by atoms with Gasteiger partial charge in [0.2, 0.25) is 0 Å². The third kappa shape index (κ3) is 4.01. The Balaban J connectivity index is 2.11. The molecule has 0 bridgehead atoms.